The Morgan fingerprint density at radius 1 is 0.925 bits per heavy atom. The van der Waals surface area contributed by atoms with Gasteiger partial charge in [-0.25, -0.2) is 0 Å². The van der Waals surface area contributed by atoms with E-state index in [-0.39, 0.29) is 36.9 Å². The molecule has 4 aromatic rings. The molecule has 2 atom stereocenters. The summed E-state index contributed by atoms with van der Waals surface area (Å²) in [7, 11) is 0. The molecule has 0 saturated carbocycles. The van der Waals surface area contributed by atoms with Crippen LogP contribution in [0, 0.1) is 0 Å². The predicted molar refractivity (Wildman–Crippen MR) is 159 cm³/mol. The van der Waals surface area contributed by atoms with Crippen molar-refractivity contribution in [3.05, 3.63) is 113 Å². The molecule has 7 heteroatoms. The minimum atomic E-state index is -0.793. The van der Waals surface area contributed by atoms with Gasteiger partial charge in [-0.3, -0.25) is 19.3 Å². The third-order valence-corrected chi connectivity index (χ3v) is 7.69. The maximum atomic E-state index is 14.2. The van der Waals surface area contributed by atoms with Crippen molar-refractivity contribution in [2.45, 2.75) is 45.3 Å². The fraction of sp³-hybridized carbons (Fsp3) is 0.242. The molecule has 0 bridgehead atoms. The van der Waals surface area contributed by atoms with E-state index >= 15 is 0 Å². The molecule has 6 nitrogen and oxygen atoms in total. The van der Waals surface area contributed by atoms with E-state index in [2.05, 4.69) is 5.32 Å². The first-order chi connectivity index (χ1) is 19.4. The van der Waals surface area contributed by atoms with Gasteiger partial charge in [0.1, 0.15) is 12.6 Å². The molecule has 5 rings (SSSR count). The van der Waals surface area contributed by atoms with Crippen molar-refractivity contribution in [2.75, 3.05) is 11.4 Å². The van der Waals surface area contributed by atoms with E-state index in [0.29, 0.717) is 22.7 Å². The average molecular weight is 554 g/mol. The van der Waals surface area contributed by atoms with Crippen LogP contribution in [0.3, 0.4) is 0 Å². The number of nitrogens with one attached hydrogen (secondary N) is 1. The number of nitrogens with zero attached hydrogens (tertiary/aromatic N) is 2. The molecule has 0 fully saturated rings. The topological polar surface area (TPSA) is 69.7 Å². The molecular weight excluding hydrogens is 522 g/mol. The summed E-state index contributed by atoms with van der Waals surface area (Å²) in [5.41, 5.74) is 3.02. The summed E-state index contributed by atoms with van der Waals surface area (Å²) in [5, 5.41) is 5.42. The van der Waals surface area contributed by atoms with Gasteiger partial charge in [-0.15, -0.1) is 0 Å². The molecule has 0 saturated heterocycles. The number of rotatable bonds is 10. The van der Waals surface area contributed by atoms with Gasteiger partial charge in [-0.1, -0.05) is 85.3 Å². The SMILES string of the molecule is CC[C@H](C)NC(=O)[C@H](Cc1ccccc1)N(Cc1cccc(Cl)c1)C(=O)CN1C(=O)c2cccc3cccc1c23. The lowest BCUT2D eigenvalue weighted by atomic mass is 10.0. The lowest BCUT2D eigenvalue weighted by Crippen LogP contribution is -2.54. The smallest absolute Gasteiger partial charge is 0.259 e. The van der Waals surface area contributed by atoms with Crippen LogP contribution in [-0.4, -0.2) is 41.2 Å². The standard InChI is InChI=1S/C33H32ClN3O3/c1-3-22(2)35-32(39)29(19-23-10-5-4-6-11-23)36(20-24-12-7-15-26(34)18-24)30(38)21-37-28-17-9-14-25-13-8-16-27(31(25)28)33(37)40/h4-18,22,29H,3,19-21H2,1-2H3,(H,35,39)/t22-,29-/m0/s1. The monoisotopic (exact) mass is 553 g/mol. The number of halogens is 1. The predicted octanol–water partition coefficient (Wildman–Crippen LogP) is 6.01. The Morgan fingerprint density at radius 2 is 1.62 bits per heavy atom. The number of amides is 3. The summed E-state index contributed by atoms with van der Waals surface area (Å²) in [4.78, 5) is 44.5. The summed E-state index contributed by atoms with van der Waals surface area (Å²) < 4.78 is 0. The zero-order valence-electron chi connectivity index (χ0n) is 22.6. The molecule has 204 valence electrons. The summed E-state index contributed by atoms with van der Waals surface area (Å²) in [5.74, 6) is -0.767. The summed E-state index contributed by atoms with van der Waals surface area (Å²) in [6, 6.07) is 27.4. The zero-order chi connectivity index (χ0) is 28.2. The molecule has 3 amide bonds. The highest BCUT2D eigenvalue weighted by Crippen LogP contribution is 2.37. The van der Waals surface area contributed by atoms with Crippen LogP contribution in [0.25, 0.3) is 10.8 Å². The van der Waals surface area contributed by atoms with Crippen molar-refractivity contribution >= 4 is 45.8 Å². The Labute approximate surface area is 239 Å². The first kappa shape index (κ1) is 27.4. The Bertz CT molecular complexity index is 1550. The summed E-state index contributed by atoms with van der Waals surface area (Å²) in [6.07, 6.45) is 1.09. The molecule has 0 aromatic heterocycles. The molecule has 0 spiro atoms. The first-order valence-corrected chi connectivity index (χ1v) is 13.9. The van der Waals surface area contributed by atoms with E-state index in [0.717, 1.165) is 28.3 Å². The normalized spacial score (nSPS) is 13.8. The quantitative estimate of drug-likeness (QED) is 0.261. The van der Waals surface area contributed by atoms with Crippen molar-refractivity contribution in [1.29, 1.82) is 0 Å². The minimum Gasteiger partial charge on any atom is -0.352 e. The Morgan fingerprint density at radius 3 is 2.35 bits per heavy atom. The highest BCUT2D eigenvalue weighted by Gasteiger charge is 2.36. The van der Waals surface area contributed by atoms with Crippen molar-refractivity contribution < 1.29 is 14.4 Å². The van der Waals surface area contributed by atoms with Crippen LogP contribution in [0.4, 0.5) is 5.69 Å². The second-order valence-electron chi connectivity index (χ2n) is 10.2. The van der Waals surface area contributed by atoms with Crippen molar-refractivity contribution in [3.63, 3.8) is 0 Å². The molecule has 0 unspecified atom stereocenters. The molecule has 0 aliphatic carbocycles. The molecule has 0 radical (unpaired) electrons. The molecule has 1 N–H and O–H groups in total. The third-order valence-electron chi connectivity index (χ3n) is 7.46. The maximum absolute atomic E-state index is 14.2. The number of carbonyl (C=O) groups excluding carboxylic acids is 3. The molecule has 1 aliphatic heterocycles. The largest absolute Gasteiger partial charge is 0.352 e. The van der Waals surface area contributed by atoms with Gasteiger partial charge in [0.15, 0.2) is 0 Å². The molecular formula is C33H32ClN3O3. The number of hydrogen-bond acceptors (Lipinski definition) is 3. The fourth-order valence-electron chi connectivity index (χ4n) is 5.19. The fourth-order valence-corrected chi connectivity index (χ4v) is 5.40. The third kappa shape index (κ3) is 5.73. The van der Waals surface area contributed by atoms with E-state index < -0.39 is 6.04 Å². The number of benzene rings is 4. The number of hydrogen-bond donors (Lipinski definition) is 1. The van der Waals surface area contributed by atoms with Crippen LogP contribution in [0.1, 0.15) is 41.8 Å². The molecule has 1 aliphatic rings. The Balaban J connectivity index is 1.51. The van der Waals surface area contributed by atoms with Crippen LogP contribution in [0.5, 0.6) is 0 Å². The second-order valence-corrected chi connectivity index (χ2v) is 10.7. The summed E-state index contributed by atoms with van der Waals surface area (Å²) in [6.45, 7) is 3.93. The van der Waals surface area contributed by atoms with Crippen LogP contribution in [0.15, 0.2) is 91.0 Å². The highest BCUT2D eigenvalue weighted by atomic mass is 35.5. The van der Waals surface area contributed by atoms with Crippen LogP contribution >= 0.6 is 11.6 Å². The van der Waals surface area contributed by atoms with Crippen LogP contribution in [0.2, 0.25) is 5.02 Å². The first-order valence-electron chi connectivity index (χ1n) is 13.6. The van der Waals surface area contributed by atoms with E-state index in [1.54, 1.807) is 23.1 Å². The van der Waals surface area contributed by atoms with Crippen molar-refractivity contribution in [1.82, 2.24) is 10.2 Å². The van der Waals surface area contributed by atoms with Crippen molar-refractivity contribution in [2.24, 2.45) is 0 Å². The number of carbonyl (C=O) groups is 3. The van der Waals surface area contributed by atoms with Crippen molar-refractivity contribution in [3.8, 4) is 0 Å². The molecule has 4 aromatic carbocycles. The second kappa shape index (κ2) is 11.9. The highest BCUT2D eigenvalue weighted by molar-refractivity contribution is 6.30. The van der Waals surface area contributed by atoms with Gasteiger partial charge >= 0.3 is 0 Å². The van der Waals surface area contributed by atoms with E-state index in [9.17, 15) is 14.4 Å². The van der Waals surface area contributed by atoms with E-state index in [4.69, 9.17) is 11.6 Å². The minimum absolute atomic E-state index is 0.0545. The summed E-state index contributed by atoms with van der Waals surface area (Å²) >= 11 is 6.29. The Kier molecular flexibility index (Phi) is 8.17. The van der Waals surface area contributed by atoms with E-state index in [1.807, 2.05) is 86.6 Å². The Hall–Kier alpha value is -4.16. The molecule has 1 heterocycles. The van der Waals surface area contributed by atoms with Gasteiger partial charge in [-0.05, 0) is 54.1 Å². The lowest BCUT2D eigenvalue weighted by Gasteiger charge is -2.33. The van der Waals surface area contributed by atoms with Crippen LogP contribution in [-0.2, 0) is 22.6 Å². The lowest BCUT2D eigenvalue weighted by molar-refractivity contribution is -0.140. The average Bonchev–Trinajstić information content (AvgIpc) is 3.23. The van der Waals surface area contributed by atoms with Gasteiger partial charge in [0.25, 0.3) is 5.91 Å². The zero-order valence-corrected chi connectivity index (χ0v) is 23.4. The van der Waals surface area contributed by atoms with Gasteiger partial charge in [-0.2, -0.15) is 0 Å². The molecule has 40 heavy (non-hydrogen) atoms. The maximum Gasteiger partial charge on any atom is 0.259 e. The van der Waals surface area contributed by atoms with Gasteiger partial charge in [0, 0.05) is 35.0 Å². The number of anilines is 1. The van der Waals surface area contributed by atoms with E-state index in [1.165, 1.54) is 4.90 Å². The van der Waals surface area contributed by atoms with Crippen LogP contribution < -0.4 is 10.2 Å². The van der Waals surface area contributed by atoms with Gasteiger partial charge in [0.2, 0.25) is 11.8 Å². The van der Waals surface area contributed by atoms with Gasteiger partial charge in [0.05, 0.1) is 5.69 Å². The van der Waals surface area contributed by atoms with Gasteiger partial charge < -0.3 is 10.2 Å².